The smallest absolute Gasteiger partial charge is 0.131 e. The molecule has 2 rings (SSSR count). The van der Waals surface area contributed by atoms with E-state index in [1.54, 1.807) is 23.1 Å². The average Bonchev–Trinajstić information content (AvgIpc) is 2.83. The monoisotopic (exact) mass is 265 g/mol. The van der Waals surface area contributed by atoms with E-state index in [4.69, 9.17) is 0 Å². The highest BCUT2D eigenvalue weighted by Gasteiger charge is 2.04. The summed E-state index contributed by atoms with van der Waals surface area (Å²) >= 11 is 3.48. The molecule has 1 aromatic heterocycles. The van der Waals surface area contributed by atoms with Crippen molar-refractivity contribution in [3.63, 3.8) is 0 Å². The predicted molar refractivity (Wildman–Crippen MR) is 73.3 cm³/mol. The second-order valence-electron chi connectivity index (χ2n) is 3.47. The summed E-state index contributed by atoms with van der Waals surface area (Å²) in [5.41, 5.74) is 0. The lowest BCUT2D eigenvalue weighted by atomic mass is 10.4. The molecule has 0 aliphatic heterocycles. The third kappa shape index (κ3) is 4.11. The van der Waals surface area contributed by atoms with Crippen molar-refractivity contribution in [3.05, 3.63) is 40.3 Å². The minimum atomic E-state index is 0.824. The molecule has 0 saturated carbocycles. The van der Waals surface area contributed by atoms with Crippen LogP contribution in [-0.2, 0) is 12.3 Å². The number of rotatable bonds is 6. The summed E-state index contributed by atoms with van der Waals surface area (Å²) in [6.45, 7) is 3.88. The van der Waals surface area contributed by atoms with Crippen molar-refractivity contribution < 1.29 is 0 Å². The van der Waals surface area contributed by atoms with Crippen LogP contribution in [0.4, 0.5) is 0 Å². The molecule has 17 heavy (non-hydrogen) atoms. The number of benzene rings is 1. The molecule has 5 heteroatoms. The number of nitrogens with one attached hydrogen (secondary N) is 1. The topological polar surface area (TPSA) is 37.8 Å². The molecule has 0 atom stereocenters. The van der Waals surface area contributed by atoms with E-state index in [9.17, 15) is 0 Å². The van der Waals surface area contributed by atoms with Gasteiger partial charge in [0.2, 0.25) is 0 Å². The lowest BCUT2D eigenvalue weighted by Gasteiger charge is -1.97. The van der Waals surface area contributed by atoms with Crippen LogP contribution in [0.15, 0.2) is 35.2 Å². The number of nitrogens with zero attached hydrogens (tertiary/aromatic N) is 2. The average molecular weight is 265 g/mol. The molecule has 90 valence electrons. The Hall–Kier alpha value is -0.910. The minimum Gasteiger partial charge on any atom is -0.311 e. The number of thioether (sulfide) groups is 1. The molecule has 3 nitrogen and oxygen atoms in total. The van der Waals surface area contributed by atoms with Crippen LogP contribution in [-0.4, -0.2) is 16.7 Å². The van der Waals surface area contributed by atoms with Gasteiger partial charge >= 0.3 is 0 Å². The summed E-state index contributed by atoms with van der Waals surface area (Å²) in [6, 6.07) is 10.4. The summed E-state index contributed by atoms with van der Waals surface area (Å²) in [4.78, 5) is 1.27. The molecule has 0 unspecified atom stereocenters. The van der Waals surface area contributed by atoms with Crippen LogP contribution in [0.3, 0.4) is 0 Å². The van der Waals surface area contributed by atoms with Gasteiger partial charge in [-0.1, -0.05) is 36.5 Å². The lowest BCUT2D eigenvalue weighted by molar-refractivity contribution is 0.714. The Balaban J connectivity index is 1.85. The first-order chi connectivity index (χ1) is 8.38. The molecule has 0 radical (unpaired) electrons. The van der Waals surface area contributed by atoms with Crippen LogP contribution in [0.2, 0.25) is 0 Å². The molecule has 0 bridgehead atoms. The zero-order valence-electron chi connectivity index (χ0n) is 9.72. The summed E-state index contributed by atoms with van der Waals surface area (Å²) in [7, 11) is 0. The first kappa shape index (κ1) is 12.5. The first-order valence-corrected chi connectivity index (χ1v) is 7.38. The van der Waals surface area contributed by atoms with Crippen molar-refractivity contribution in [2.75, 3.05) is 6.54 Å². The van der Waals surface area contributed by atoms with E-state index >= 15 is 0 Å². The molecule has 0 amide bonds. The van der Waals surface area contributed by atoms with Gasteiger partial charge in [-0.2, -0.15) is 0 Å². The Morgan fingerprint density at radius 1 is 1.18 bits per heavy atom. The van der Waals surface area contributed by atoms with Crippen molar-refractivity contribution in [3.8, 4) is 0 Å². The molecule has 0 aliphatic rings. The standard InChI is InChI=1S/C12H15N3S2/c1-2-13-8-11-14-15-12(17-11)9-16-10-6-4-3-5-7-10/h3-7,13H,2,8-9H2,1H3. The number of hydrogen-bond acceptors (Lipinski definition) is 5. The molecule has 2 aromatic rings. The van der Waals surface area contributed by atoms with E-state index in [0.29, 0.717) is 0 Å². The predicted octanol–water partition coefficient (Wildman–Crippen LogP) is 2.94. The van der Waals surface area contributed by atoms with Gasteiger partial charge in [0.15, 0.2) is 0 Å². The Morgan fingerprint density at radius 2 is 1.94 bits per heavy atom. The number of hydrogen-bond donors (Lipinski definition) is 1. The van der Waals surface area contributed by atoms with Gasteiger partial charge in [-0.15, -0.1) is 22.0 Å². The Labute approximate surface area is 110 Å². The molecular weight excluding hydrogens is 250 g/mol. The van der Waals surface area contributed by atoms with Crippen LogP contribution in [0.1, 0.15) is 16.9 Å². The van der Waals surface area contributed by atoms with E-state index in [-0.39, 0.29) is 0 Å². The summed E-state index contributed by atoms with van der Waals surface area (Å²) in [5.74, 6) is 0.897. The van der Waals surface area contributed by atoms with Crippen molar-refractivity contribution in [2.45, 2.75) is 24.1 Å². The van der Waals surface area contributed by atoms with Gasteiger partial charge in [-0.05, 0) is 18.7 Å². The fraction of sp³-hybridized carbons (Fsp3) is 0.333. The Morgan fingerprint density at radius 3 is 2.71 bits per heavy atom. The van der Waals surface area contributed by atoms with Crippen LogP contribution < -0.4 is 5.32 Å². The van der Waals surface area contributed by atoms with Crippen molar-refractivity contribution in [1.82, 2.24) is 15.5 Å². The highest BCUT2D eigenvalue weighted by Crippen LogP contribution is 2.23. The second kappa shape index (κ2) is 6.74. The van der Waals surface area contributed by atoms with Gasteiger partial charge in [0.05, 0.1) is 5.75 Å². The fourth-order valence-corrected chi connectivity index (χ4v) is 3.03. The van der Waals surface area contributed by atoms with E-state index in [1.807, 2.05) is 6.07 Å². The van der Waals surface area contributed by atoms with Gasteiger partial charge in [0, 0.05) is 11.4 Å². The quantitative estimate of drug-likeness (QED) is 0.815. The van der Waals surface area contributed by atoms with Crippen molar-refractivity contribution >= 4 is 23.1 Å². The zero-order valence-corrected chi connectivity index (χ0v) is 11.4. The fourth-order valence-electron chi connectivity index (χ4n) is 1.31. The molecular formula is C12H15N3S2. The van der Waals surface area contributed by atoms with Gasteiger partial charge in [0.1, 0.15) is 10.0 Å². The molecule has 0 fully saturated rings. The van der Waals surface area contributed by atoms with Gasteiger partial charge in [-0.3, -0.25) is 0 Å². The Kier molecular flexibility index (Phi) is 4.97. The molecule has 0 saturated heterocycles. The van der Waals surface area contributed by atoms with E-state index in [2.05, 4.69) is 46.7 Å². The highest BCUT2D eigenvalue weighted by molar-refractivity contribution is 7.98. The molecule has 1 N–H and O–H groups in total. The SMILES string of the molecule is CCNCc1nnc(CSc2ccccc2)s1. The normalized spacial score (nSPS) is 10.6. The van der Waals surface area contributed by atoms with Crippen molar-refractivity contribution in [2.24, 2.45) is 0 Å². The lowest BCUT2D eigenvalue weighted by Crippen LogP contribution is -2.11. The van der Waals surface area contributed by atoms with Crippen LogP contribution in [0, 0.1) is 0 Å². The van der Waals surface area contributed by atoms with Crippen LogP contribution >= 0.6 is 23.1 Å². The highest BCUT2D eigenvalue weighted by atomic mass is 32.2. The molecule has 1 heterocycles. The zero-order chi connectivity index (χ0) is 11.9. The van der Waals surface area contributed by atoms with Crippen LogP contribution in [0.5, 0.6) is 0 Å². The van der Waals surface area contributed by atoms with E-state index in [0.717, 1.165) is 28.9 Å². The summed E-state index contributed by atoms with van der Waals surface area (Å²) < 4.78 is 0. The summed E-state index contributed by atoms with van der Waals surface area (Å²) in [5, 5.41) is 13.8. The molecule has 1 aromatic carbocycles. The molecule has 0 aliphatic carbocycles. The van der Waals surface area contributed by atoms with Gasteiger partial charge in [-0.25, -0.2) is 0 Å². The van der Waals surface area contributed by atoms with E-state index in [1.165, 1.54) is 4.90 Å². The van der Waals surface area contributed by atoms with Crippen LogP contribution in [0.25, 0.3) is 0 Å². The maximum Gasteiger partial charge on any atom is 0.131 e. The largest absolute Gasteiger partial charge is 0.311 e. The van der Waals surface area contributed by atoms with Gasteiger partial charge < -0.3 is 5.32 Å². The third-order valence-electron chi connectivity index (χ3n) is 2.14. The maximum absolute atomic E-state index is 4.19. The second-order valence-corrected chi connectivity index (χ2v) is 5.67. The third-order valence-corrected chi connectivity index (χ3v) is 4.27. The van der Waals surface area contributed by atoms with Crippen molar-refractivity contribution in [1.29, 1.82) is 0 Å². The maximum atomic E-state index is 4.19. The van der Waals surface area contributed by atoms with Gasteiger partial charge in [0.25, 0.3) is 0 Å². The minimum absolute atomic E-state index is 0.824. The Bertz CT molecular complexity index is 442. The number of aromatic nitrogens is 2. The molecule has 0 spiro atoms. The first-order valence-electron chi connectivity index (χ1n) is 5.58. The summed E-state index contributed by atoms with van der Waals surface area (Å²) in [6.07, 6.45) is 0. The van der Waals surface area contributed by atoms with E-state index < -0.39 is 0 Å².